The van der Waals surface area contributed by atoms with E-state index in [0.717, 1.165) is 11.8 Å². The van der Waals surface area contributed by atoms with E-state index in [0.29, 0.717) is 27.9 Å². The van der Waals surface area contributed by atoms with Gasteiger partial charge in [-0.3, -0.25) is 4.79 Å². The van der Waals surface area contributed by atoms with Gasteiger partial charge in [-0.25, -0.2) is 4.98 Å². The van der Waals surface area contributed by atoms with Crippen LogP contribution in [0.15, 0.2) is 46.2 Å². The third-order valence-corrected chi connectivity index (χ3v) is 4.41. The Morgan fingerprint density at radius 2 is 2.07 bits per heavy atom. The van der Waals surface area contributed by atoms with E-state index in [1.165, 1.54) is 6.20 Å². The summed E-state index contributed by atoms with van der Waals surface area (Å²) in [6.45, 7) is 0. The SMILES string of the molecule is COc1ccc(-c2nnc(SCC(=O)Nc3ccc(Cl)cn3)o2)c(OC)c1. The predicted molar refractivity (Wildman–Crippen MR) is 101 cm³/mol. The molecular weight excluding hydrogens is 392 g/mol. The van der Waals surface area contributed by atoms with Gasteiger partial charge in [0.25, 0.3) is 11.1 Å². The van der Waals surface area contributed by atoms with Gasteiger partial charge in [-0.2, -0.15) is 0 Å². The largest absolute Gasteiger partial charge is 0.497 e. The summed E-state index contributed by atoms with van der Waals surface area (Å²) < 4.78 is 16.1. The Morgan fingerprint density at radius 1 is 1.22 bits per heavy atom. The van der Waals surface area contributed by atoms with Gasteiger partial charge >= 0.3 is 0 Å². The molecule has 140 valence electrons. The second kappa shape index (κ2) is 8.74. The van der Waals surface area contributed by atoms with Gasteiger partial charge in [0.1, 0.15) is 17.3 Å². The summed E-state index contributed by atoms with van der Waals surface area (Å²) in [5.74, 6) is 1.73. The number of aromatic nitrogens is 3. The Morgan fingerprint density at radius 3 is 2.78 bits per heavy atom. The molecule has 0 saturated heterocycles. The van der Waals surface area contributed by atoms with Crippen molar-refractivity contribution in [1.82, 2.24) is 15.2 Å². The molecule has 0 unspecified atom stereocenters. The van der Waals surface area contributed by atoms with Crippen molar-refractivity contribution in [3.8, 4) is 23.0 Å². The first-order valence-corrected chi connectivity index (χ1v) is 9.05. The molecule has 0 aliphatic rings. The lowest BCUT2D eigenvalue weighted by Gasteiger charge is -2.07. The van der Waals surface area contributed by atoms with Crippen molar-refractivity contribution >= 4 is 35.1 Å². The zero-order valence-corrected chi connectivity index (χ0v) is 16.0. The first kappa shape index (κ1) is 19.0. The molecular formula is C17H15ClN4O4S. The Kier molecular flexibility index (Phi) is 6.15. The summed E-state index contributed by atoms with van der Waals surface area (Å²) >= 11 is 6.87. The molecule has 0 radical (unpaired) electrons. The van der Waals surface area contributed by atoms with Crippen LogP contribution >= 0.6 is 23.4 Å². The van der Waals surface area contributed by atoms with Crippen LogP contribution in [0.4, 0.5) is 5.82 Å². The van der Waals surface area contributed by atoms with Crippen LogP contribution in [0, 0.1) is 0 Å². The average molecular weight is 407 g/mol. The van der Waals surface area contributed by atoms with Crippen LogP contribution in [-0.4, -0.2) is 41.1 Å². The van der Waals surface area contributed by atoms with E-state index in [-0.39, 0.29) is 22.8 Å². The Bertz CT molecular complexity index is 933. The van der Waals surface area contributed by atoms with Crippen LogP contribution in [-0.2, 0) is 4.79 Å². The van der Waals surface area contributed by atoms with Crippen LogP contribution in [0.1, 0.15) is 0 Å². The number of ether oxygens (including phenoxy) is 2. The summed E-state index contributed by atoms with van der Waals surface area (Å²) in [6.07, 6.45) is 1.46. The van der Waals surface area contributed by atoms with Gasteiger partial charge in [-0.15, -0.1) is 10.2 Å². The van der Waals surface area contributed by atoms with E-state index < -0.39 is 0 Å². The average Bonchev–Trinajstić information content (AvgIpc) is 3.16. The molecule has 0 spiro atoms. The minimum absolute atomic E-state index is 0.0890. The Balaban J connectivity index is 1.62. The maximum absolute atomic E-state index is 12.0. The van der Waals surface area contributed by atoms with Crippen LogP contribution in [0.5, 0.6) is 11.5 Å². The predicted octanol–water partition coefficient (Wildman–Crippen LogP) is 3.53. The number of anilines is 1. The number of methoxy groups -OCH3 is 2. The summed E-state index contributed by atoms with van der Waals surface area (Å²) in [5.41, 5.74) is 0.632. The summed E-state index contributed by atoms with van der Waals surface area (Å²) in [7, 11) is 3.11. The van der Waals surface area contributed by atoms with Crippen molar-refractivity contribution in [1.29, 1.82) is 0 Å². The lowest BCUT2D eigenvalue weighted by atomic mass is 10.2. The normalized spacial score (nSPS) is 10.5. The molecule has 0 bridgehead atoms. The number of carbonyl (C=O) groups excluding carboxylic acids is 1. The highest BCUT2D eigenvalue weighted by molar-refractivity contribution is 7.99. The first-order valence-electron chi connectivity index (χ1n) is 7.69. The number of hydrogen-bond acceptors (Lipinski definition) is 8. The molecule has 8 nitrogen and oxygen atoms in total. The molecule has 0 aliphatic carbocycles. The second-order valence-electron chi connectivity index (χ2n) is 5.14. The fourth-order valence-electron chi connectivity index (χ4n) is 2.11. The number of rotatable bonds is 7. The number of amides is 1. The number of nitrogens with zero attached hydrogens (tertiary/aromatic N) is 3. The van der Waals surface area contributed by atoms with Gasteiger partial charge in [0.05, 0.1) is 30.6 Å². The molecule has 0 saturated carbocycles. The van der Waals surface area contributed by atoms with Gasteiger partial charge in [0.15, 0.2) is 0 Å². The van der Waals surface area contributed by atoms with Gasteiger partial charge in [-0.05, 0) is 24.3 Å². The lowest BCUT2D eigenvalue weighted by Crippen LogP contribution is -2.14. The topological polar surface area (TPSA) is 99.4 Å². The van der Waals surface area contributed by atoms with Gasteiger partial charge < -0.3 is 19.2 Å². The molecule has 2 heterocycles. The second-order valence-corrected chi connectivity index (χ2v) is 6.50. The molecule has 0 atom stereocenters. The summed E-state index contributed by atoms with van der Waals surface area (Å²) in [4.78, 5) is 16.0. The van der Waals surface area contributed by atoms with Crippen molar-refractivity contribution in [3.05, 3.63) is 41.6 Å². The molecule has 2 aromatic heterocycles. The molecule has 10 heteroatoms. The molecule has 0 fully saturated rings. The zero-order chi connectivity index (χ0) is 19.2. The van der Waals surface area contributed by atoms with Crippen LogP contribution in [0.2, 0.25) is 5.02 Å². The molecule has 1 aromatic carbocycles. The van der Waals surface area contributed by atoms with Crippen molar-refractivity contribution in [2.24, 2.45) is 0 Å². The van der Waals surface area contributed by atoms with Gasteiger partial charge in [0.2, 0.25) is 5.91 Å². The van der Waals surface area contributed by atoms with Crippen molar-refractivity contribution in [3.63, 3.8) is 0 Å². The fraction of sp³-hybridized carbons (Fsp3) is 0.176. The number of nitrogens with one attached hydrogen (secondary N) is 1. The number of carbonyl (C=O) groups is 1. The molecule has 1 N–H and O–H groups in total. The number of thioether (sulfide) groups is 1. The minimum atomic E-state index is -0.253. The van der Waals surface area contributed by atoms with Crippen molar-refractivity contribution in [2.75, 3.05) is 25.3 Å². The Labute approximate surface area is 164 Å². The molecule has 0 aliphatic heterocycles. The Hall–Kier alpha value is -2.78. The van der Waals surface area contributed by atoms with E-state index in [9.17, 15) is 4.79 Å². The summed E-state index contributed by atoms with van der Waals surface area (Å²) in [5, 5.41) is 11.4. The lowest BCUT2D eigenvalue weighted by molar-refractivity contribution is -0.113. The molecule has 3 rings (SSSR count). The third kappa shape index (κ3) is 4.89. The highest BCUT2D eigenvalue weighted by atomic mass is 35.5. The number of hydrogen-bond donors (Lipinski definition) is 1. The number of benzene rings is 1. The molecule has 1 amide bonds. The minimum Gasteiger partial charge on any atom is -0.497 e. The first-order chi connectivity index (χ1) is 13.1. The molecule has 3 aromatic rings. The van der Waals surface area contributed by atoms with Gasteiger partial charge in [-0.1, -0.05) is 23.4 Å². The molecule has 27 heavy (non-hydrogen) atoms. The van der Waals surface area contributed by atoms with E-state index in [1.807, 2.05) is 0 Å². The van der Waals surface area contributed by atoms with Crippen LogP contribution in [0.25, 0.3) is 11.5 Å². The monoisotopic (exact) mass is 406 g/mol. The number of halogens is 1. The third-order valence-electron chi connectivity index (χ3n) is 3.37. The van der Waals surface area contributed by atoms with Crippen LogP contribution in [0.3, 0.4) is 0 Å². The van der Waals surface area contributed by atoms with E-state index in [2.05, 4.69) is 20.5 Å². The fourth-order valence-corrected chi connectivity index (χ4v) is 2.78. The zero-order valence-electron chi connectivity index (χ0n) is 14.4. The van der Waals surface area contributed by atoms with Crippen molar-refractivity contribution < 1.29 is 18.7 Å². The van der Waals surface area contributed by atoms with Gasteiger partial charge in [0, 0.05) is 12.3 Å². The standard InChI is InChI=1S/C17H15ClN4O4S/c1-24-11-4-5-12(13(7-11)25-2)16-21-22-17(26-16)27-9-15(23)20-14-6-3-10(18)8-19-14/h3-8H,9H2,1-2H3,(H,19,20,23). The maximum atomic E-state index is 12.0. The highest BCUT2D eigenvalue weighted by Crippen LogP contribution is 2.33. The highest BCUT2D eigenvalue weighted by Gasteiger charge is 2.16. The maximum Gasteiger partial charge on any atom is 0.277 e. The van der Waals surface area contributed by atoms with E-state index in [1.54, 1.807) is 44.6 Å². The van der Waals surface area contributed by atoms with Crippen molar-refractivity contribution in [2.45, 2.75) is 5.22 Å². The summed E-state index contributed by atoms with van der Waals surface area (Å²) in [6, 6.07) is 8.51. The van der Waals surface area contributed by atoms with E-state index in [4.69, 9.17) is 25.5 Å². The van der Waals surface area contributed by atoms with Crippen LogP contribution < -0.4 is 14.8 Å². The van der Waals surface area contributed by atoms with E-state index >= 15 is 0 Å². The number of pyridine rings is 1. The smallest absolute Gasteiger partial charge is 0.277 e. The quantitative estimate of drug-likeness (QED) is 0.595.